The molecule has 1 aliphatic rings. The van der Waals surface area contributed by atoms with Gasteiger partial charge in [-0.15, -0.1) is 0 Å². The summed E-state index contributed by atoms with van der Waals surface area (Å²) in [5, 5.41) is 0. The lowest BCUT2D eigenvalue weighted by atomic mass is 9.93. The quantitative estimate of drug-likeness (QED) is 0.316. The van der Waals surface area contributed by atoms with E-state index >= 15 is 0 Å². The third-order valence-electron chi connectivity index (χ3n) is 6.64. The molecule has 0 N–H and O–H groups in total. The molecule has 0 fully saturated rings. The first-order chi connectivity index (χ1) is 19.9. The van der Waals surface area contributed by atoms with Gasteiger partial charge in [-0.3, -0.25) is 9.36 Å². The number of methoxy groups -OCH3 is 5. The van der Waals surface area contributed by atoms with Gasteiger partial charge in [-0.25, -0.2) is 9.79 Å². The van der Waals surface area contributed by atoms with Gasteiger partial charge in [-0.05, 0) is 49.8 Å². The van der Waals surface area contributed by atoms with E-state index in [9.17, 15) is 9.59 Å². The largest absolute Gasteiger partial charge is 0.497 e. The fourth-order valence-electron chi connectivity index (χ4n) is 4.85. The SMILES string of the molecule is CCCC1=C(C(=O)OCC)[C@@H](c2cc(OC)ccc2OC)n2c(s/c(=C/c3ccc(OC)c(OC)c3OC)c2=O)=N1. The molecule has 0 saturated heterocycles. The number of aromatic nitrogens is 1. The van der Waals surface area contributed by atoms with Gasteiger partial charge in [0.25, 0.3) is 5.56 Å². The fourth-order valence-corrected chi connectivity index (χ4v) is 5.86. The Morgan fingerprint density at radius 3 is 2.27 bits per heavy atom. The molecule has 41 heavy (non-hydrogen) atoms. The van der Waals surface area contributed by atoms with E-state index in [4.69, 9.17) is 33.4 Å². The molecule has 3 aromatic rings. The lowest BCUT2D eigenvalue weighted by Gasteiger charge is -2.27. The first kappa shape index (κ1) is 29.7. The van der Waals surface area contributed by atoms with Gasteiger partial charge in [0.1, 0.15) is 17.5 Å². The van der Waals surface area contributed by atoms with Crippen LogP contribution in [0.4, 0.5) is 0 Å². The number of hydrogen-bond acceptors (Lipinski definition) is 10. The van der Waals surface area contributed by atoms with Gasteiger partial charge in [-0.1, -0.05) is 24.7 Å². The molecule has 0 unspecified atom stereocenters. The Hall–Kier alpha value is -4.25. The first-order valence-electron chi connectivity index (χ1n) is 13.1. The van der Waals surface area contributed by atoms with Gasteiger partial charge in [-0.2, -0.15) is 0 Å². The number of thiazole rings is 1. The zero-order valence-electron chi connectivity index (χ0n) is 24.2. The molecule has 2 aromatic carbocycles. The number of rotatable bonds is 11. The molecule has 1 aliphatic heterocycles. The van der Waals surface area contributed by atoms with E-state index in [-0.39, 0.29) is 12.2 Å². The van der Waals surface area contributed by atoms with E-state index in [1.165, 1.54) is 37.2 Å². The predicted molar refractivity (Wildman–Crippen MR) is 155 cm³/mol. The zero-order valence-corrected chi connectivity index (χ0v) is 25.0. The van der Waals surface area contributed by atoms with Crippen LogP contribution in [0.3, 0.4) is 0 Å². The molecule has 0 bridgehead atoms. The van der Waals surface area contributed by atoms with Crippen molar-refractivity contribution in [3.05, 3.63) is 72.4 Å². The van der Waals surface area contributed by atoms with Crippen molar-refractivity contribution in [2.75, 3.05) is 42.2 Å². The number of benzene rings is 2. The fraction of sp³-hybridized carbons (Fsp3) is 0.367. The normalized spacial score (nSPS) is 14.7. The number of ether oxygens (including phenoxy) is 6. The molecule has 0 amide bonds. The summed E-state index contributed by atoms with van der Waals surface area (Å²) in [6.45, 7) is 3.92. The van der Waals surface area contributed by atoms with Gasteiger partial charge >= 0.3 is 5.97 Å². The monoisotopic (exact) mass is 582 g/mol. The highest BCUT2D eigenvalue weighted by Gasteiger charge is 2.36. The van der Waals surface area contributed by atoms with Crippen molar-refractivity contribution in [2.45, 2.75) is 32.7 Å². The number of carbonyl (C=O) groups excluding carboxylic acids is 1. The van der Waals surface area contributed by atoms with Crippen molar-refractivity contribution in [1.82, 2.24) is 4.57 Å². The molecule has 1 atom stereocenters. The molecule has 0 saturated carbocycles. The van der Waals surface area contributed by atoms with Crippen molar-refractivity contribution < 1.29 is 33.2 Å². The average molecular weight is 583 g/mol. The zero-order chi connectivity index (χ0) is 29.7. The summed E-state index contributed by atoms with van der Waals surface area (Å²) >= 11 is 1.22. The third kappa shape index (κ3) is 5.54. The standard InChI is InChI=1S/C30H34N2O8S/c1-8-10-20-24(29(34)40-9-2)25(19-16-18(35-3)12-14-21(19)36-4)32-28(33)23(41-30(32)31-20)15-17-11-13-22(37-5)27(39-7)26(17)38-6/h11-16,25H,8-10H2,1-7H3/b23-15+/t25-/m1/s1. The summed E-state index contributed by atoms with van der Waals surface area (Å²) in [5.74, 6) is 1.83. The van der Waals surface area contributed by atoms with Crippen LogP contribution in [-0.4, -0.2) is 52.7 Å². The second-order valence-electron chi connectivity index (χ2n) is 8.94. The average Bonchev–Trinajstić information content (AvgIpc) is 3.29. The molecule has 0 aliphatic carbocycles. The molecule has 2 heterocycles. The van der Waals surface area contributed by atoms with Crippen molar-refractivity contribution in [3.63, 3.8) is 0 Å². The van der Waals surface area contributed by atoms with E-state index in [0.717, 1.165) is 6.42 Å². The van der Waals surface area contributed by atoms with Gasteiger partial charge in [0.15, 0.2) is 16.3 Å². The van der Waals surface area contributed by atoms with E-state index in [1.54, 1.807) is 57.6 Å². The Bertz CT molecular complexity index is 1650. The Labute approximate surface area is 242 Å². The topological polar surface area (TPSA) is 107 Å². The highest BCUT2D eigenvalue weighted by atomic mass is 32.1. The first-order valence-corrected chi connectivity index (χ1v) is 13.9. The van der Waals surface area contributed by atoms with E-state index in [1.807, 2.05) is 6.92 Å². The molecular weight excluding hydrogens is 548 g/mol. The van der Waals surface area contributed by atoms with Crippen molar-refractivity contribution in [2.24, 2.45) is 4.99 Å². The number of fused-ring (bicyclic) bond motifs is 1. The van der Waals surface area contributed by atoms with Gasteiger partial charge < -0.3 is 28.4 Å². The Morgan fingerprint density at radius 1 is 0.951 bits per heavy atom. The number of carbonyl (C=O) groups is 1. The van der Waals surface area contributed by atoms with Crippen LogP contribution in [0, 0.1) is 0 Å². The molecule has 11 heteroatoms. The second-order valence-corrected chi connectivity index (χ2v) is 9.95. The van der Waals surface area contributed by atoms with Crippen LogP contribution in [0.25, 0.3) is 6.08 Å². The van der Waals surface area contributed by atoms with Gasteiger partial charge in [0.05, 0.1) is 58.0 Å². The lowest BCUT2D eigenvalue weighted by Crippen LogP contribution is -2.40. The molecule has 4 rings (SSSR count). The summed E-state index contributed by atoms with van der Waals surface area (Å²) in [7, 11) is 7.67. The van der Waals surface area contributed by atoms with Crippen LogP contribution in [0.5, 0.6) is 28.7 Å². The minimum atomic E-state index is -0.855. The van der Waals surface area contributed by atoms with E-state index in [0.29, 0.717) is 66.9 Å². The maximum absolute atomic E-state index is 14.2. The van der Waals surface area contributed by atoms with Gasteiger partial charge in [0, 0.05) is 11.1 Å². The third-order valence-corrected chi connectivity index (χ3v) is 7.63. The van der Waals surface area contributed by atoms with Crippen molar-refractivity contribution >= 4 is 23.4 Å². The van der Waals surface area contributed by atoms with Gasteiger partial charge in [0.2, 0.25) is 5.75 Å². The second kappa shape index (κ2) is 12.9. The minimum absolute atomic E-state index is 0.174. The molecular formula is C30H34N2O8S. The summed E-state index contributed by atoms with van der Waals surface area (Å²) in [5.41, 5.74) is 1.72. The predicted octanol–water partition coefficient (Wildman–Crippen LogP) is 3.62. The highest BCUT2D eigenvalue weighted by Crippen LogP contribution is 2.41. The Morgan fingerprint density at radius 2 is 1.66 bits per heavy atom. The number of allylic oxidation sites excluding steroid dienone is 1. The summed E-state index contributed by atoms with van der Waals surface area (Å²) in [6, 6.07) is 7.95. The Kier molecular flexibility index (Phi) is 9.38. The van der Waals surface area contributed by atoms with Crippen LogP contribution in [-0.2, 0) is 9.53 Å². The van der Waals surface area contributed by atoms with E-state index < -0.39 is 12.0 Å². The highest BCUT2D eigenvalue weighted by molar-refractivity contribution is 7.07. The van der Waals surface area contributed by atoms with Crippen molar-refractivity contribution in [1.29, 1.82) is 0 Å². The van der Waals surface area contributed by atoms with Crippen molar-refractivity contribution in [3.8, 4) is 28.7 Å². The minimum Gasteiger partial charge on any atom is -0.497 e. The summed E-state index contributed by atoms with van der Waals surface area (Å²) < 4.78 is 35.1. The Balaban J connectivity index is 2.07. The maximum Gasteiger partial charge on any atom is 0.338 e. The number of hydrogen-bond donors (Lipinski definition) is 0. The molecule has 218 valence electrons. The smallest absolute Gasteiger partial charge is 0.338 e. The van der Waals surface area contributed by atoms with Crippen LogP contribution in [0.15, 0.2) is 51.4 Å². The van der Waals surface area contributed by atoms with Crippen LogP contribution in [0.1, 0.15) is 43.9 Å². The lowest BCUT2D eigenvalue weighted by molar-refractivity contribution is -0.139. The van der Waals surface area contributed by atoms with Crippen LogP contribution < -0.4 is 38.6 Å². The summed E-state index contributed by atoms with van der Waals surface area (Å²) in [4.78, 5) is 32.9. The van der Waals surface area contributed by atoms with Crippen LogP contribution >= 0.6 is 11.3 Å². The van der Waals surface area contributed by atoms with E-state index in [2.05, 4.69) is 0 Å². The summed E-state index contributed by atoms with van der Waals surface area (Å²) in [6.07, 6.45) is 2.98. The maximum atomic E-state index is 14.2. The number of esters is 1. The number of nitrogens with zero attached hydrogens (tertiary/aromatic N) is 2. The molecule has 0 spiro atoms. The molecule has 10 nitrogen and oxygen atoms in total. The van der Waals surface area contributed by atoms with Crippen LogP contribution in [0.2, 0.25) is 0 Å². The molecule has 1 aromatic heterocycles. The molecule has 0 radical (unpaired) electrons.